The molecule has 9 heavy (non-hydrogen) atoms. The molecule has 0 aliphatic carbocycles. The smallest absolute Gasteiger partial charge is 0.170 e. The van der Waals surface area contributed by atoms with E-state index in [9.17, 15) is 0 Å². The van der Waals surface area contributed by atoms with Crippen LogP contribution < -0.4 is 0 Å². The Labute approximate surface area is 61.6 Å². The van der Waals surface area contributed by atoms with Crippen molar-refractivity contribution in [2.45, 2.75) is 0 Å². The molecule has 0 bridgehead atoms. The molecule has 0 amide bonds. The summed E-state index contributed by atoms with van der Waals surface area (Å²) in [6.45, 7) is 7.29. The van der Waals surface area contributed by atoms with Gasteiger partial charge in [0.2, 0.25) is 0 Å². The minimum absolute atomic E-state index is 0.358. The van der Waals surface area contributed by atoms with Crippen molar-refractivity contribution in [1.82, 2.24) is 0 Å². The predicted molar refractivity (Wildman–Crippen MR) is 48.0 cm³/mol. The van der Waals surface area contributed by atoms with E-state index >= 15 is 0 Å². The van der Waals surface area contributed by atoms with Crippen molar-refractivity contribution in [3.05, 3.63) is 36.6 Å². The molecule has 0 aromatic heterocycles. The van der Waals surface area contributed by atoms with Crippen molar-refractivity contribution in [3.63, 3.8) is 0 Å². The number of rotatable bonds is 4. The Bertz CT molecular complexity index is 129. The van der Waals surface area contributed by atoms with Crippen LogP contribution in [-0.4, -0.2) is 20.2 Å². The van der Waals surface area contributed by atoms with Crippen LogP contribution in [0.25, 0.3) is 0 Å². The first kappa shape index (κ1) is 8.61. The van der Waals surface area contributed by atoms with Gasteiger partial charge in [0.15, 0.2) is 9.76 Å². The van der Waals surface area contributed by atoms with Crippen molar-refractivity contribution in [2.75, 3.05) is 0 Å². The quantitative estimate of drug-likeness (QED) is 0.398. The highest BCUT2D eigenvalue weighted by Gasteiger charge is 1.75. The van der Waals surface area contributed by atoms with Gasteiger partial charge in [-0.2, -0.15) is 0 Å². The summed E-state index contributed by atoms with van der Waals surface area (Å²) in [7, 11) is 0.498. The molecule has 0 aliphatic heterocycles. The van der Waals surface area contributed by atoms with Crippen LogP contribution in [0.15, 0.2) is 36.6 Å². The first-order chi connectivity index (χ1) is 4.31. The maximum absolute atomic E-state index is 5.05. The van der Waals surface area contributed by atoms with E-state index in [4.69, 9.17) is 4.12 Å². The summed E-state index contributed by atoms with van der Waals surface area (Å²) in [5.41, 5.74) is 3.03. The second-order valence-electron chi connectivity index (χ2n) is 1.64. The number of hydrogen-bond donors (Lipinski definition) is 0. The van der Waals surface area contributed by atoms with E-state index in [0.29, 0.717) is 0 Å². The van der Waals surface area contributed by atoms with Gasteiger partial charge < -0.3 is 4.12 Å². The monoisotopic (exact) mass is 156 g/mol. The third-order valence-corrected chi connectivity index (χ3v) is 2.62. The largest absolute Gasteiger partial charge is 0.465 e. The Morgan fingerprint density at radius 1 is 1.67 bits per heavy atom. The Morgan fingerprint density at radius 2 is 2.33 bits per heavy atom. The van der Waals surface area contributed by atoms with Crippen LogP contribution in [0.2, 0.25) is 0 Å². The molecule has 50 valence electrons. The van der Waals surface area contributed by atoms with E-state index in [0.717, 1.165) is 16.1 Å². The second kappa shape index (κ2) is 5.75. The summed E-state index contributed by atoms with van der Waals surface area (Å²) in [6.07, 6.45) is 3.69. The maximum Gasteiger partial charge on any atom is 0.170 e. The standard InChI is InChI=1S/C6H12OSi2/c1-3-6(2)4-5-9-7-8/h3-5H,1-2,9H2,8H3. The zero-order chi connectivity index (χ0) is 7.11. The molecule has 0 rings (SSSR count). The Balaban J connectivity index is 3.44. The number of hydrogen-bond acceptors (Lipinski definition) is 1. The average molecular weight is 156 g/mol. The van der Waals surface area contributed by atoms with Crippen molar-refractivity contribution in [3.8, 4) is 0 Å². The molecule has 0 atom stereocenters. The lowest BCUT2D eigenvalue weighted by Gasteiger charge is -1.87. The number of allylic oxidation sites excluding steroid dienone is 3. The fourth-order valence-electron chi connectivity index (χ4n) is 0.364. The molecule has 0 heterocycles. The van der Waals surface area contributed by atoms with Gasteiger partial charge in [-0.1, -0.05) is 31.0 Å². The molecule has 0 unspecified atom stereocenters. The third kappa shape index (κ3) is 5.49. The van der Waals surface area contributed by atoms with Gasteiger partial charge in [-0.15, -0.1) is 0 Å². The van der Waals surface area contributed by atoms with E-state index in [-0.39, 0.29) is 9.76 Å². The molecule has 0 spiro atoms. The Hall–Kier alpha value is -0.386. The zero-order valence-electron chi connectivity index (χ0n) is 5.76. The van der Waals surface area contributed by atoms with Gasteiger partial charge in [0.1, 0.15) is 10.5 Å². The highest BCUT2D eigenvalue weighted by Crippen LogP contribution is 1.90. The predicted octanol–water partition coefficient (Wildman–Crippen LogP) is -0.377. The molecule has 0 fully saturated rings. The van der Waals surface area contributed by atoms with Crippen molar-refractivity contribution in [1.29, 1.82) is 0 Å². The minimum Gasteiger partial charge on any atom is -0.465 e. The van der Waals surface area contributed by atoms with Crippen LogP contribution in [0, 0.1) is 0 Å². The van der Waals surface area contributed by atoms with Crippen LogP contribution >= 0.6 is 0 Å². The molecule has 3 heteroatoms. The third-order valence-electron chi connectivity index (χ3n) is 0.857. The van der Waals surface area contributed by atoms with Gasteiger partial charge in [0.05, 0.1) is 0 Å². The fourth-order valence-corrected chi connectivity index (χ4v) is 1.53. The van der Waals surface area contributed by atoms with Crippen LogP contribution in [-0.2, 0) is 4.12 Å². The summed E-state index contributed by atoms with van der Waals surface area (Å²) in [4.78, 5) is 0. The average Bonchev–Trinajstić information content (AvgIpc) is 1.89. The molecular formula is C6H12OSi2. The molecule has 0 aromatic carbocycles. The van der Waals surface area contributed by atoms with E-state index in [1.54, 1.807) is 6.08 Å². The summed E-state index contributed by atoms with van der Waals surface area (Å²) >= 11 is 0. The Kier molecular flexibility index (Phi) is 5.50. The summed E-state index contributed by atoms with van der Waals surface area (Å²) in [5, 5.41) is 0. The Morgan fingerprint density at radius 3 is 2.78 bits per heavy atom. The van der Waals surface area contributed by atoms with E-state index < -0.39 is 0 Å². The highest BCUT2D eigenvalue weighted by atomic mass is 28.3. The van der Waals surface area contributed by atoms with Crippen LogP contribution in [0.5, 0.6) is 0 Å². The first-order valence-corrected chi connectivity index (χ1v) is 4.99. The molecule has 1 nitrogen and oxygen atoms in total. The van der Waals surface area contributed by atoms with Gasteiger partial charge in [0.25, 0.3) is 0 Å². The lowest BCUT2D eigenvalue weighted by atomic mass is 10.3. The summed E-state index contributed by atoms with van der Waals surface area (Å²) in [5.74, 6) is 0. The normalized spacial score (nSPS) is 11.6. The SMILES string of the molecule is C=CC(=C)C=C[SiH2]O[SiH3]. The van der Waals surface area contributed by atoms with Crippen molar-refractivity contribution in [2.24, 2.45) is 0 Å². The molecule has 0 radical (unpaired) electrons. The van der Waals surface area contributed by atoms with Gasteiger partial charge in [-0.05, 0) is 5.57 Å². The van der Waals surface area contributed by atoms with Gasteiger partial charge >= 0.3 is 0 Å². The van der Waals surface area contributed by atoms with Gasteiger partial charge in [-0.25, -0.2) is 0 Å². The fraction of sp³-hybridized carbons (Fsp3) is 0. The van der Waals surface area contributed by atoms with Crippen molar-refractivity contribution >= 4 is 20.2 Å². The molecule has 0 aliphatic rings. The van der Waals surface area contributed by atoms with E-state index in [1.165, 1.54) is 0 Å². The maximum atomic E-state index is 5.05. The molecule has 0 saturated carbocycles. The summed E-state index contributed by atoms with van der Waals surface area (Å²) in [6, 6.07) is 0. The van der Waals surface area contributed by atoms with Crippen LogP contribution in [0.1, 0.15) is 0 Å². The van der Waals surface area contributed by atoms with Crippen LogP contribution in [0.3, 0.4) is 0 Å². The molecule has 0 N–H and O–H groups in total. The van der Waals surface area contributed by atoms with E-state index in [2.05, 4.69) is 18.9 Å². The molecule has 0 aromatic rings. The van der Waals surface area contributed by atoms with Gasteiger partial charge in [-0.3, -0.25) is 0 Å². The lowest BCUT2D eigenvalue weighted by Crippen LogP contribution is -1.88. The highest BCUT2D eigenvalue weighted by molar-refractivity contribution is 6.40. The van der Waals surface area contributed by atoms with E-state index in [1.807, 2.05) is 6.08 Å². The second-order valence-corrected chi connectivity index (χ2v) is 4.75. The molecule has 0 saturated heterocycles. The van der Waals surface area contributed by atoms with Crippen molar-refractivity contribution < 1.29 is 4.12 Å². The zero-order valence-corrected chi connectivity index (χ0v) is 9.18. The lowest BCUT2D eigenvalue weighted by molar-refractivity contribution is 0.675. The first-order valence-electron chi connectivity index (χ1n) is 2.78. The van der Waals surface area contributed by atoms with Gasteiger partial charge in [0, 0.05) is 0 Å². The minimum atomic E-state index is -0.358. The van der Waals surface area contributed by atoms with Crippen LogP contribution in [0.4, 0.5) is 0 Å². The molecular weight excluding hydrogens is 144 g/mol. The topological polar surface area (TPSA) is 9.23 Å². The summed E-state index contributed by atoms with van der Waals surface area (Å²) < 4.78 is 5.05.